The molecule has 0 atom stereocenters. The van der Waals surface area contributed by atoms with Gasteiger partial charge in [-0.25, -0.2) is 0 Å². The van der Waals surface area contributed by atoms with Crippen LogP contribution in [0.1, 0.15) is 27.2 Å². The zero-order valence-electron chi connectivity index (χ0n) is 9.16. The summed E-state index contributed by atoms with van der Waals surface area (Å²) in [4.78, 5) is 3.72. The maximum absolute atomic E-state index is 8.14. The monoisotopic (exact) mass is 185 g/mol. The number of hydrogen-bond donors (Lipinski definition) is 1. The molecule has 0 heterocycles. The molecule has 0 aromatic rings. The van der Waals surface area contributed by atoms with Crippen LogP contribution < -0.4 is 0 Å². The summed E-state index contributed by atoms with van der Waals surface area (Å²) >= 11 is 0. The molecule has 0 radical (unpaired) electrons. The molecule has 0 rings (SSSR count). The van der Waals surface area contributed by atoms with Gasteiger partial charge in [0.15, 0.2) is 0 Å². The van der Waals surface area contributed by atoms with E-state index in [0.717, 1.165) is 6.42 Å². The van der Waals surface area contributed by atoms with Crippen LogP contribution in [0.25, 0.3) is 0 Å². The van der Waals surface area contributed by atoms with Gasteiger partial charge in [0.1, 0.15) is 0 Å². The molecule has 0 fully saturated rings. The van der Waals surface area contributed by atoms with E-state index in [4.69, 9.17) is 5.11 Å². The molecule has 0 aliphatic rings. The maximum Gasteiger partial charge on any atom is 0.0626 e. The second-order valence-corrected chi connectivity index (χ2v) is 1.71. The average Bonchev–Trinajstić information content (AvgIpc) is 2.22. The quantitative estimate of drug-likeness (QED) is 0.530. The number of aliphatic hydroxyl groups excluding tert-OH is 1. The molecule has 78 valence electrons. The molecule has 0 aliphatic carbocycles. The van der Waals surface area contributed by atoms with Crippen LogP contribution in [0.4, 0.5) is 0 Å². The van der Waals surface area contributed by atoms with Crippen LogP contribution in [0, 0.1) is 0 Å². The third-order valence-corrected chi connectivity index (χ3v) is 0.729. The fourth-order valence-electron chi connectivity index (χ4n) is 0.207. The Morgan fingerprint density at radius 2 is 1.77 bits per heavy atom. The van der Waals surface area contributed by atoms with Gasteiger partial charge in [-0.3, -0.25) is 4.99 Å². The van der Waals surface area contributed by atoms with E-state index in [0.29, 0.717) is 6.54 Å². The smallest absolute Gasteiger partial charge is 0.0626 e. The Kier molecular flexibility index (Phi) is 42.1. The van der Waals surface area contributed by atoms with Crippen LogP contribution in [0.5, 0.6) is 0 Å². The van der Waals surface area contributed by atoms with Gasteiger partial charge in [0.2, 0.25) is 0 Å². The fourth-order valence-corrected chi connectivity index (χ4v) is 0.207. The molecule has 0 aliphatic heterocycles. The van der Waals surface area contributed by atoms with Gasteiger partial charge in [0, 0.05) is 6.21 Å². The summed E-state index contributed by atoms with van der Waals surface area (Å²) in [6, 6.07) is 0. The van der Waals surface area contributed by atoms with Crippen LogP contribution in [0.2, 0.25) is 0 Å². The summed E-state index contributed by atoms with van der Waals surface area (Å²) in [5, 5.41) is 8.14. The first-order valence-electron chi connectivity index (χ1n) is 4.66. The molecule has 2 heteroatoms. The lowest BCUT2D eigenvalue weighted by Crippen LogP contribution is -1.85. The summed E-state index contributed by atoms with van der Waals surface area (Å²) in [6.07, 6.45) is 6.10. The summed E-state index contributed by atoms with van der Waals surface area (Å²) in [5.41, 5.74) is 0. The van der Waals surface area contributed by atoms with E-state index in [1.54, 1.807) is 12.3 Å². The van der Waals surface area contributed by atoms with Crippen molar-refractivity contribution in [1.29, 1.82) is 0 Å². The van der Waals surface area contributed by atoms with Crippen molar-refractivity contribution in [1.82, 2.24) is 0 Å². The van der Waals surface area contributed by atoms with Gasteiger partial charge in [0.05, 0.1) is 13.2 Å². The maximum atomic E-state index is 8.14. The Morgan fingerprint density at radius 1 is 1.31 bits per heavy atom. The number of nitrogens with zero attached hydrogens (tertiary/aromatic N) is 1. The van der Waals surface area contributed by atoms with Crippen molar-refractivity contribution in [2.24, 2.45) is 4.99 Å². The Morgan fingerprint density at radius 3 is 2.00 bits per heavy atom. The summed E-state index contributed by atoms with van der Waals surface area (Å²) < 4.78 is 0. The molecule has 0 unspecified atom stereocenters. The number of hydrogen-bond acceptors (Lipinski definition) is 2. The van der Waals surface area contributed by atoms with Crippen molar-refractivity contribution in [3.63, 3.8) is 0 Å². The largest absolute Gasteiger partial charge is 0.394 e. The van der Waals surface area contributed by atoms with Gasteiger partial charge in [0.25, 0.3) is 0 Å². The molecule has 0 saturated heterocycles. The topological polar surface area (TPSA) is 32.6 Å². The summed E-state index contributed by atoms with van der Waals surface area (Å²) in [6.45, 7) is 13.5. The molecule has 0 spiro atoms. The minimum atomic E-state index is 0.115. The SMILES string of the molecule is C=CC=NCCO.C=CCC.CC. The van der Waals surface area contributed by atoms with Crippen molar-refractivity contribution in [3.8, 4) is 0 Å². The van der Waals surface area contributed by atoms with Gasteiger partial charge in [-0.05, 0) is 6.42 Å². The number of rotatable bonds is 4. The Balaban J connectivity index is -0.000000142. The van der Waals surface area contributed by atoms with E-state index in [1.807, 2.05) is 19.9 Å². The summed E-state index contributed by atoms with van der Waals surface area (Å²) in [7, 11) is 0. The predicted octanol–water partition coefficient (Wildman–Crippen LogP) is 2.84. The van der Waals surface area contributed by atoms with Crippen LogP contribution in [-0.4, -0.2) is 24.5 Å². The van der Waals surface area contributed by atoms with Gasteiger partial charge in [-0.1, -0.05) is 39.5 Å². The second-order valence-electron chi connectivity index (χ2n) is 1.71. The number of aliphatic imine (C=N–C) groups is 1. The fraction of sp³-hybridized carbons (Fsp3) is 0.545. The third-order valence-electron chi connectivity index (χ3n) is 0.729. The molecular weight excluding hydrogens is 162 g/mol. The zero-order chi connectivity index (χ0) is 10.9. The van der Waals surface area contributed by atoms with Crippen LogP contribution in [0.15, 0.2) is 30.3 Å². The summed E-state index contributed by atoms with van der Waals surface area (Å²) in [5.74, 6) is 0. The van der Waals surface area contributed by atoms with Crippen LogP contribution >= 0.6 is 0 Å². The molecule has 0 aromatic heterocycles. The first-order valence-corrected chi connectivity index (χ1v) is 4.66. The lowest BCUT2D eigenvalue weighted by Gasteiger charge is -1.78. The molecule has 0 bridgehead atoms. The van der Waals surface area contributed by atoms with Gasteiger partial charge in [-0.15, -0.1) is 6.58 Å². The average molecular weight is 185 g/mol. The highest BCUT2D eigenvalue weighted by molar-refractivity contribution is 5.69. The molecule has 2 nitrogen and oxygen atoms in total. The van der Waals surface area contributed by atoms with E-state index in [1.165, 1.54) is 0 Å². The highest BCUT2D eigenvalue weighted by Crippen LogP contribution is 1.66. The predicted molar refractivity (Wildman–Crippen MR) is 62.5 cm³/mol. The number of allylic oxidation sites excluding steroid dienone is 2. The highest BCUT2D eigenvalue weighted by atomic mass is 16.3. The van der Waals surface area contributed by atoms with Gasteiger partial charge in [-0.2, -0.15) is 0 Å². The minimum absolute atomic E-state index is 0.115. The van der Waals surface area contributed by atoms with Crippen molar-refractivity contribution in [2.45, 2.75) is 27.2 Å². The minimum Gasteiger partial charge on any atom is -0.394 e. The second kappa shape index (κ2) is 30.4. The lowest BCUT2D eigenvalue weighted by atomic mass is 10.5. The van der Waals surface area contributed by atoms with Crippen LogP contribution in [-0.2, 0) is 0 Å². The van der Waals surface area contributed by atoms with Crippen molar-refractivity contribution in [3.05, 3.63) is 25.3 Å². The molecule has 1 N–H and O–H groups in total. The van der Waals surface area contributed by atoms with E-state index in [2.05, 4.69) is 25.1 Å². The van der Waals surface area contributed by atoms with Crippen LogP contribution in [0.3, 0.4) is 0 Å². The van der Waals surface area contributed by atoms with E-state index in [-0.39, 0.29) is 6.61 Å². The standard InChI is InChI=1S/C5H9NO.C4H8.C2H6/c1-2-3-6-4-5-7;1-3-4-2;1-2/h2-3,7H,1,4-5H2;3H,1,4H2,2H3;1-2H3. The highest BCUT2D eigenvalue weighted by Gasteiger charge is 1.67. The van der Waals surface area contributed by atoms with E-state index in [9.17, 15) is 0 Å². The van der Waals surface area contributed by atoms with Gasteiger partial charge >= 0.3 is 0 Å². The molecular formula is C11H23NO. The number of aliphatic hydroxyl groups is 1. The van der Waals surface area contributed by atoms with E-state index >= 15 is 0 Å². The van der Waals surface area contributed by atoms with Crippen molar-refractivity contribution >= 4 is 6.21 Å². The lowest BCUT2D eigenvalue weighted by molar-refractivity contribution is 0.307. The Hall–Kier alpha value is -0.890. The normalized spacial score (nSPS) is 7.69. The first kappa shape index (κ1) is 18.0. The van der Waals surface area contributed by atoms with E-state index < -0.39 is 0 Å². The van der Waals surface area contributed by atoms with Crippen molar-refractivity contribution < 1.29 is 5.11 Å². The molecule has 13 heavy (non-hydrogen) atoms. The molecule has 0 saturated carbocycles. The van der Waals surface area contributed by atoms with Crippen molar-refractivity contribution in [2.75, 3.05) is 13.2 Å². The third kappa shape index (κ3) is 54.6. The molecule has 0 aromatic carbocycles. The first-order chi connectivity index (χ1) is 6.33. The zero-order valence-corrected chi connectivity index (χ0v) is 9.16. The molecule has 0 amide bonds. The Bertz CT molecular complexity index is 109. The Labute approximate surface area is 82.7 Å². The van der Waals surface area contributed by atoms with Gasteiger partial charge < -0.3 is 5.11 Å².